The Hall–Kier alpha value is -0.930. The van der Waals surface area contributed by atoms with Crippen LogP contribution in [-0.2, 0) is 6.54 Å². The molecule has 1 aromatic carbocycles. The molecule has 0 aliphatic rings. The lowest BCUT2D eigenvalue weighted by Gasteiger charge is -2.30. The molecule has 0 radical (unpaired) electrons. The molecular formula is C17H29FN2. The summed E-state index contributed by atoms with van der Waals surface area (Å²) in [5.41, 5.74) is 1.16. The van der Waals surface area contributed by atoms with Crippen LogP contribution in [0.1, 0.15) is 33.3 Å². The number of nitrogens with one attached hydrogen (secondary N) is 1. The second-order valence-corrected chi connectivity index (χ2v) is 6.31. The summed E-state index contributed by atoms with van der Waals surface area (Å²) in [6, 6.07) is 7.27. The number of hydrogen-bond acceptors (Lipinski definition) is 2. The van der Waals surface area contributed by atoms with E-state index in [1.165, 1.54) is 12.1 Å². The first-order valence-corrected chi connectivity index (χ1v) is 7.55. The fourth-order valence-corrected chi connectivity index (χ4v) is 2.23. The summed E-state index contributed by atoms with van der Waals surface area (Å²) < 4.78 is 12.9. The highest BCUT2D eigenvalue weighted by Gasteiger charge is 2.17. The van der Waals surface area contributed by atoms with Crippen LogP contribution in [0.5, 0.6) is 0 Å². The van der Waals surface area contributed by atoms with Gasteiger partial charge in [0.15, 0.2) is 0 Å². The van der Waals surface area contributed by atoms with Crippen molar-refractivity contribution in [2.45, 2.75) is 40.3 Å². The van der Waals surface area contributed by atoms with E-state index in [4.69, 9.17) is 0 Å². The molecule has 0 saturated heterocycles. The third kappa shape index (κ3) is 6.02. The molecule has 0 saturated carbocycles. The Bertz CT molecular complexity index is 375. The van der Waals surface area contributed by atoms with Crippen LogP contribution in [0.2, 0.25) is 0 Å². The van der Waals surface area contributed by atoms with Gasteiger partial charge in [0.25, 0.3) is 0 Å². The van der Waals surface area contributed by atoms with Gasteiger partial charge in [-0.15, -0.1) is 0 Å². The van der Waals surface area contributed by atoms with Gasteiger partial charge in [0.05, 0.1) is 0 Å². The van der Waals surface area contributed by atoms with Gasteiger partial charge in [0.1, 0.15) is 5.82 Å². The van der Waals surface area contributed by atoms with Crippen LogP contribution in [0.25, 0.3) is 0 Å². The lowest BCUT2D eigenvalue weighted by Crippen LogP contribution is -2.39. The number of nitrogens with zero attached hydrogens (tertiary/aromatic N) is 1. The summed E-state index contributed by atoms with van der Waals surface area (Å²) in [5.74, 6) is 1.10. The van der Waals surface area contributed by atoms with E-state index in [1.54, 1.807) is 0 Å². The average molecular weight is 280 g/mol. The van der Waals surface area contributed by atoms with E-state index in [0.29, 0.717) is 17.9 Å². The first-order chi connectivity index (χ1) is 9.40. The molecule has 2 atom stereocenters. The maximum absolute atomic E-state index is 12.9. The molecule has 0 fully saturated rings. The number of rotatable bonds is 8. The SMILES string of the molecule is CC(C)CNCC(C)C(C)N(C)Cc1ccc(F)cc1. The van der Waals surface area contributed by atoms with Gasteiger partial charge in [-0.25, -0.2) is 4.39 Å². The van der Waals surface area contributed by atoms with Crippen molar-refractivity contribution in [3.8, 4) is 0 Å². The fraction of sp³-hybridized carbons (Fsp3) is 0.647. The van der Waals surface area contributed by atoms with E-state index in [2.05, 4.69) is 45.0 Å². The lowest BCUT2D eigenvalue weighted by molar-refractivity contribution is 0.188. The van der Waals surface area contributed by atoms with Crippen molar-refractivity contribution in [3.05, 3.63) is 35.6 Å². The predicted octanol–water partition coefficient (Wildman–Crippen LogP) is 3.53. The Kier molecular flexibility index (Phi) is 7.17. The van der Waals surface area contributed by atoms with Crippen LogP contribution in [0.4, 0.5) is 4.39 Å². The monoisotopic (exact) mass is 280 g/mol. The molecule has 0 amide bonds. The topological polar surface area (TPSA) is 15.3 Å². The predicted molar refractivity (Wildman–Crippen MR) is 84.2 cm³/mol. The Labute approximate surface area is 123 Å². The lowest BCUT2D eigenvalue weighted by atomic mass is 10.0. The van der Waals surface area contributed by atoms with E-state index in [1.807, 2.05) is 12.1 Å². The van der Waals surface area contributed by atoms with Gasteiger partial charge in [0.2, 0.25) is 0 Å². The minimum Gasteiger partial charge on any atom is -0.316 e. The average Bonchev–Trinajstić information content (AvgIpc) is 2.39. The Morgan fingerprint density at radius 3 is 2.20 bits per heavy atom. The highest BCUT2D eigenvalue weighted by molar-refractivity contribution is 5.15. The zero-order valence-corrected chi connectivity index (χ0v) is 13.5. The van der Waals surface area contributed by atoms with Gasteiger partial charge in [-0.3, -0.25) is 4.90 Å². The van der Waals surface area contributed by atoms with Gasteiger partial charge in [-0.2, -0.15) is 0 Å². The van der Waals surface area contributed by atoms with Crippen molar-refractivity contribution in [1.82, 2.24) is 10.2 Å². The summed E-state index contributed by atoms with van der Waals surface area (Å²) in [7, 11) is 2.13. The summed E-state index contributed by atoms with van der Waals surface area (Å²) in [4.78, 5) is 2.33. The third-order valence-corrected chi connectivity index (χ3v) is 3.88. The van der Waals surface area contributed by atoms with Crippen LogP contribution in [0.15, 0.2) is 24.3 Å². The molecule has 0 aliphatic carbocycles. The first-order valence-electron chi connectivity index (χ1n) is 7.55. The number of hydrogen-bond donors (Lipinski definition) is 1. The molecular weight excluding hydrogens is 251 g/mol. The van der Waals surface area contributed by atoms with Crippen LogP contribution >= 0.6 is 0 Å². The fourth-order valence-electron chi connectivity index (χ4n) is 2.23. The van der Waals surface area contributed by atoms with Crippen molar-refractivity contribution in [2.75, 3.05) is 20.1 Å². The van der Waals surface area contributed by atoms with Crippen LogP contribution in [-0.4, -0.2) is 31.1 Å². The highest BCUT2D eigenvalue weighted by Crippen LogP contribution is 2.13. The molecule has 0 aliphatic heterocycles. The third-order valence-electron chi connectivity index (χ3n) is 3.88. The molecule has 20 heavy (non-hydrogen) atoms. The van der Waals surface area contributed by atoms with E-state index in [0.717, 1.165) is 25.2 Å². The van der Waals surface area contributed by atoms with Gasteiger partial charge in [0, 0.05) is 12.6 Å². The highest BCUT2D eigenvalue weighted by atomic mass is 19.1. The van der Waals surface area contributed by atoms with Crippen molar-refractivity contribution in [2.24, 2.45) is 11.8 Å². The number of benzene rings is 1. The van der Waals surface area contributed by atoms with Crippen LogP contribution in [0.3, 0.4) is 0 Å². The molecule has 0 spiro atoms. The molecule has 1 rings (SSSR count). The Morgan fingerprint density at radius 1 is 1.05 bits per heavy atom. The first kappa shape index (κ1) is 17.1. The molecule has 114 valence electrons. The van der Waals surface area contributed by atoms with E-state index < -0.39 is 0 Å². The van der Waals surface area contributed by atoms with Gasteiger partial charge in [-0.05, 0) is 56.6 Å². The number of halogens is 1. The Morgan fingerprint density at radius 2 is 1.65 bits per heavy atom. The zero-order valence-electron chi connectivity index (χ0n) is 13.5. The Balaban J connectivity index is 2.41. The van der Waals surface area contributed by atoms with Crippen molar-refractivity contribution < 1.29 is 4.39 Å². The maximum atomic E-state index is 12.9. The van der Waals surface area contributed by atoms with E-state index in [9.17, 15) is 4.39 Å². The minimum atomic E-state index is -0.171. The van der Waals surface area contributed by atoms with Gasteiger partial charge in [-0.1, -0.05) is 32.9 Å². The van der Waals surface area contributed by atoms with Crippen LogP contribution < -0.4 is 5.32 Å². The molecule has 2 unspecified atom stereocenters. The van der Waals surface area contributed by atoms with Crippen molar-refractivity contribution in [1.29, 1.82) is 0 Å². The van der Waals surface area contributed by atoms with Gasteiger partial charge < -0.3 is 5.32 Å². The second kappa shape index (κ2) is 8.38. The summed E-state index contributed by atoms with van der Waals surface area (Å²) in [5, 5.41) is 3.52. The van der Waals surface area contributed by atoms with Crippen LogP contribution in [0, 0.1) is 17.7 Å². The smallest absolute Gasteiger partial charge is 0.123 e. The summed E-state index contributed by atoms with van der Waals surface area (Å²) >= 11 is 0. The molecule has 3 heteroatoms. The summed E-state index contributed by atoms with van der Waals surface area (Å²) in [6.45, 7) is 11.9. The quantitative estimate of drug-likeness (QED) is 0.783. The molecule has 1 N–H and O–H groups in total. The molecule has 0 aromatic heterocycles. The van der Waals surface area contributed by atoms with E-state index in [-0.39, 0.29) is 5.82 Å². The second-order valence-electron chi connectivity index (χ2n) is 6.31. The van der Waals surface area contributed by atoms with Crippen molar-refractivity contribution in [3.63, 3.8) is 0 Å². The van der Waals surface area contributed by atoms with Crippen molar-refractivity contribution >= 4 is 0 Å². The normalized spacial score (nSPS) is 14.8. The summed E-state index contributed by atoms with van der Waals surface area (Å²) in [6.07, 6.45) is 0. The minimum absolute atomic E-state index is 0.171. The molecule has 2 nitrogen and oxygen atoms in total. The van der Waals surface area contributed by atoms with Gasteiger partial charge >= 0.3 is 0 Å². The molecule has 0 bridgehead atoms. The largest absolute Gasteiger partial charge is 0.316 e. The van der Waals surface area contributed by atoms with E-state index >= 15 is 0 Å². The molecule has 0 heterocycles. The standard InChI is InChI=1S/C17H29FN2/c1-13(2)10-19-11-14(3)15(4)20(5)12-16-6-8-17(18)9-7-16/h6-9,13-15,19H,10-12H2,1-5H3. The molecule has 1 aromatic rings. The zero-order chi connectivity index (χ0) is 15.1. The maximum Gasteiger partial charge on any atom is 0.123 e.